The van der Waals surface area contributed by atoms with E-state index in [1.807, 2.05) is 30.3 Å². The van der Waals surface area contributed by atoms with Gasteiger partial charge >= 0.3 is 0 Å². The van der Waals surface area contributed by atoms with Gasteiger partial charge in [0, 0.05) is 17.5 Å². The molecule has 0 saturated heterocycles. The van der Waals surface area contributed by atoms with Crippen LogP contribution >= 0.6 is 0 Å². The summed E-state index contributed by atoms with van der Waals surface area (Å²) < 4.78 is 0. The minimum absolute atomic E-state index is 0.0221. The van der Waals surface area contributed by atoms with E-state index in [1.54, 1.807) is 0 Å². The van der Waals surface area contributed by atoms with Gasteiger partial charge in [0.1, 0.15) is 0 Å². The third-order valence-corrected chi connectivity index (χ3v) is 4.68. The van der Waals surface area contributed by atoms with Crippen molar-refractivity contribution in [1.29, 1.82) is 0 Å². The Balaban J connectivity index is 1.96. The number of carbonyl (C=O) groups is 1. The van der Waals surface area contributed by atoms with Gasteiger partial charge in [-0.3, -0.25) is 4.79 Å². The molecule has 0 radical (unpaired) electrons. The summed E-state index contributed by atoms with van der Waals surface area (Å²) in [4.78, 5) is 17.5. The van der Waals surface area contributed by atoms with E-state index in [0.717, 1.165) is 47.8 Å². The number of nitrogens with one attached hydrogen (secondary N) is 1. The molecule has 0 bridgehead atoms. The average molecular weight is 346 g/mol. The van der Waals surface area contributed by atoms with E-state index in [0.29, 0.717) is 12.1 Å². The summed E-state index contributed by atoms with van der Waals surface area (Å²) in [6.07, 6.45) is 4.30. The Morgan fingerprint density at radius 1 is 1.00 bits per heavy atom. The molecule has 134 valence electrons. The maximum absolute atomic E-state index is 12.8. The van der Waals surface area contributed by atoms with Gasteiger partial charge in [0.25, 0.3) is 5.91 Å². The Kier molecular flexibility index (Phi) is 6.00. The number of rotatable bonds is 7. The highest BCUT2D eigenvalue weighted by atomic mass is 16.1. The molecule has 3 heteroatoms. The van der Waals surface area contributed by atoms with Gasteiger partial charge in [0.05, 0.1) is 16.8 Å². The van der Waals surface area contributed by atoms with Crippen LogP contribution in [0, 0.1) is 0 Å². The minimum atomic E-state index is -0.0221. The summed E-state index contributed by atoms with van der Waals surface area (Å²) in [5.74, 6) is -0.0221. The largest absolute Gasteiger partial charge is 0.352 e. The molecule has 0 aliphatic rings. The molecule has 2 aromatic carbocycles. The summed E-state index contributed by atoms with van der Waals surface area (Å²) in [6, 6.07) is 18.2. The Morgan fingerprint density at radius 3 is 2.50 bits per heavy atom. The van der Waals surface area contributed by atoms with Crippen molar-refractivity contribution in [3.05, 3.63) is 65.7 Å². The van der Waals surface area contributed by atoms with Crippen molar-refractivity contribution < 1.29 is 4.79 Å². The Labute approximate surface area is 155 Å². The third-order valence-electron chi connectivity index (χ3n) is 4.68. The van der Waals surface area contributed by atoms with E-state index in [4.69, 9.17) is 4.98 Å². The molecule has 0 fully saturated rings. The van der Waals surface area contributed by atoms with E-state index in [1.165, 1.54) is 5.56 Å². The van der Waals surface area contributed by atoms with Crippen LogP contribution in [0.3, 0.4) is 0 Å². The van der Waals surface area contributed by atoms with Gasteiger partial charge in [-0.05, 0) is 30.5 Å². The van der Waals surface area contributed by atoms with Crippen LogP contribution in [0.2, 0.25) is 0 Å². The Hall–Kier alpha value is -2.68. The van der Waals surface area contributed by atoms with Crippen LogP contribution in [0.25, 0.3) is 22.2 Å². The summed E-state index contributed by atoms with van der Waals surface area (Å²) in [5, 5.41) is 3.95. The van der Waals surface area contributed by atoms with Gasteiger partial charge < -0.3 is 5.32 Å². The molecule has 1 aromatic heterocycles. The molecule has 1 amide bonds. The highest BCUT2D eigenvalue weighted by Crippen LogP contribution is 2.25. The topological polar surface area (TPSA) is 42.0 Å². The van der Waals surface area contributed by atoms with Crippen molar-refractivity contribution in [3.63, 3.8) is 0 Å². The second-order valence-corrected chi connectivity index (χ2v) is 6.59. The SMILES string of the molecule is CCCCCNC(=O)c1cc(-c2ccc(CC)cc2)nc2ccccc12. The van der Waals surface area contributed by atoms with Crippen LogP contribution in [0.1, 0.15) is 49.0 Å². The molecule has 0 saturated carbocycles. The number of aromatic nitrogens is 1. The van der Waals surface area contributed by atoms with E-state index in [9.17, 15) is 4.79 Å². The highest BCUT2D eigenvalue weighted by molar-refractivity contribution is 6.07. The summed E-state index contributed by atoms with van der Waals surface area (Å²) in [6.45, 7) is 5.02. The zero-order valence-electron chi connectivity index (χ0n) is 15.6. The standard InChI is InChI=1S/C23H26N2O/c1-3-5-8-15-24-23(26)20-16-22(18-13-11-17(4-2)12-14-18)25-21-10-7-6-9-19(20)21/h6-7,9-14,16H,3-5,8,15H2,1-2H3,(H,24,26). The second kappa shape index (κ2) is 8.61. The van der Waals surface area contributed by atoms with Crippen LogP contribution in [-0.2, 0) is 6.42 Å². The molecule has 3 rings (SSSR count). The van der Waals surface area contributed by atoms with Gasteiger partial charge in [-0.1, -0.05) is 69.2 Å². The first-order valence-corrected chi connectivity index (χ1v) is 9.50. The first kappa shape index (κ1) is 18.1. The summed E-state index contributed by atoms with van der Waals surface area (Å²) in [5.41, 5.74) is 4.71. The van der Waals surface area contributed by atoms with E-state index in [-0.39, 0.29) is 5.91 Å². The monoisotopic (exact) mass is 346 g/mol. The zero-order chi connectivity index (χ0) is 18.4. The lowest BCUT2D eigenvalue weighted by molar-refractivity contribution is 0.0954. The number of hydrogen-bond acceptors (Lipinski definition) is 2. The molecule has 3 aromatic rings. The number of hydrogen-bond donors (Lipinski definition) is 1. The van der Waals surface area contributed by atoms with Gasteiger partial charge in [0.15, 0.2) is 0 Å². The van der Waals surface area contributed by atoms with Crippen LogP contribution in [0.5, 0.6) is 0 Å². The van der Waals surface area contributed by atoms with Crippen LogP contribution in [0.15, 0.2) is 54.6 Å². The number of amides is 1. The number of carbonyl (C=O) groups excluding carboxylic acids is 1. The van der Waals surface area contributed by atoms with Crippen molar-refractivity contribution in [2.45, 2.75) is 39.5 Å². The fourth-order valence-corrected chi connectivity index (χ4v) is 3.09. The Bertz CT molecular complexity index is 884. The highest BCUT2D eigenvalue weighted by Gasteiger charge is 2.13. The molecule has 1 heterocycles. The molecule has 0 aliphatic carbocycles. The van der Waals surface area contributed by atoms with Crippen molar-refractivity contribution in [1.82, 2.24) is 10.3 Å². The van der Waals surface area contributed by atoms with E-state index < -0.39 is 0 Å². The molecule has 26 heavy (non-hydrogen) atoms. The molecule has 3 nitrogen and oxygen atoms in total. The fourth-order valence-electron chi connectivity index (χ4n) is 3.09. The molecule has 0 unspecified atom stereocenters. The van der Waals surface area contributed by atoms with Gasteiger partial charge in [-0.15, -0.1) is 0 Å². The number of fused-ring (bicyclic) bond motifs is 1. The quantitative estimate of drug-likeness (QED) is 0.583. The molecular weight excluding hydrogens is 320 g/mol. The third kappa shape index (κ3) is 4.10. The molecule has 0 aliphatic heterocycles. The number of unbranched alkanes of at least 4 members (excludes halogenated alkanes) is 2. The van der Waals surface area contributed by atoms with Crippen LogP contribution in [0.4, 0.5) is 0 Å². The van der Waals surface area contributed by atoms with Crippen molar-refractivity contribution in [2.24, 2.45) is 0 Å². The van der Waals surface area contributed by atoms with Crippen LogP contribution < -0.4 is 5.32 Å². The summed E-state index contributed by atoms with van der Waals surface area (Å²) in [7, 11) is 0. The van der Waals surface area contributed by atoms with Crippen molar-refractivity contribution in [2.75, 3.05) is 6.54 Å². The predicted molar refractivity (Wildman–Crippen MR) is 108 cm³/mol. The fraction of sp³-hybridized carbons (Fsp3) is 0.304. The number of benzene rings is 2. The van der Waals surface area contributed by atoms with Gasteiger partial charge in [-0.2, -0.15) is 0 Å². The maximum Gasteiger partial charge on any atom is 0.252 e. The summed E-state index contributed by atoms with van der Waals surface area (Å²) >= 11 is 0. The maximum atomic E-state index is 12.8. The lowest BCUT2D eigenvalue weighted by Crippen LogP contribution is -2.24. The number of nitrogens with zero attached hydrogens (tertiary/aromatic N) is 1. The van der Waals surface area contributed by atoms with Gasteiger partial charge in [-0.25, -0.2) is 4.98 Å². The van der Waals surface area contributed by atoms with Crippen LogP contribution in [-0.4, -0.2) is 17.4 Å². The number of pyridine rings is 1. The first-order valence-electron chi connectivity index (χ1n) is 9.50. The average Bonchev–Trinajstić information content (AvgIpc) is 2.70. The lowest BCUT2D eigenvalue weighted by atomic mass is 10.0. The Morgan fingerprint density at radius 2 is 1.77 bits per heavy atom. The van der Waals surface area contributed by atoms with Gasteiger partial charge in [0.2, 0.25) is 0 Å². The predicted octanol–water partition coefficient (Wildman–Crippen LogP) is 5.38. The molecule has 0 spiro atoms. The zero-order valence-corrected chi connectivity index (χ0v) is 15.6. The first-order chi connectivity index (χ1) is 12.7. The van der Waals surface area contributed by atoms with E-state index >= 15 is 0 Å². The minimum Gasteiger partial charge on any atom is -0.352 e. The second-order valence-electron chi connectivity index (χ2n) is 6.59. The molecule has 1 N–H and O–H groups in total. The number of aryl methyl sites for hydroxylation is 1. The smallest absolute Gasteiger partial charge is 0.252 e. The van der Waals surface area contributed by atoms with Crippen molar-refractivity contribution in [3.8, 4) is 11.3 Å². The van der Waals surface area contributed by atoms with E-state index in [2.05, 4.69) is 43.4 Å². The number of para-hydroxylation sites is 1. The molecular formula is C23H26N2O. The van der Waals surface area contributed by atoms with Crippen molar-refractivity contribution >= 4 is 16.8 Å². The normalized spacial score (nSPS) is 10.8. The lowest BCUT2D eigenvalue weighted by Gasteiger charge is -2.11. The molecule has 0 atom stereocenters.